The standard InChI is InChI=1S/C8H15N3S/c1-8-6-10-11(7-8)4-3-5-12(2)9/h6-7,9H,3-5H2,1-2H3. The van der Waals surface area contributed by atoms with Crippen molar-refractivity contribution in [1.82, 2.24) is 9.78 Å². The zero-order chi connectivity index (χ0) is 8.97. The van der Waals surface area contributed by atoms with E-state index >= 15 is 0 Å². The first-order chi connectivity index (χ1) is 5.68. The van der Waals surface area contributed by atoms with Crippen molar-refractivity contribution >= 4 is 10.7 Å². The van der Waals surface area contributed by atoms with Gasteiger partial charge in [-0.15, -0.1) is 10.7 Å². The topological polar surface area (TPSA) is 41.7 Å². The van der Waals surface area contributed by atoms with Gasteiger partial charge in [-0.3, -0.25) is 9.46 Å². The Bertz CT molecular complexity index is 267. The molecule has 0 aliphatic carbocycles. The normalized spacial score (nSPS) is 13.2. The number of aryl methyl sites for hydroxylation is 2. The summed E-state index contributed by atoms with van der Waals surface area (Å²) in [5.74, 6) is 0.985. The molecule has 0 amide bonds. The monoisotopic (exact) mass is 185 g/mol. The third-order valence-electron chi connectivity index (χ3n) is 1.60. The molecule has 1 atom stereocenters. The molecule has 4 heteroatoms. The van der Waals surface area contributed by atoms with Gasteiger partial charge in [-0.05, 0) is 25.2 Å². The summed E-state index contributed by atoms with van der Waals surface area (Å²) in [6.07, 6.45) is 6.92. The van der Waals surface area contributed by atoms with E-state index in [2.05, 4.69) is 5.10 Å². The lowest BCUT2D eigenvalue weighted by Gasteiger charge is -2.00. The Balaban J connectivity index is 2.29. The van der Waals surface area contributed by atoms with Crippen LogP contribution in [-0.2, 0) is 17.2 Å². The van der Waals surface area contributed by atoms with Crippen LogP contribution in [0.5, 0.6) is 0 Å². The minimum atomic E-state index is -0.174. The van der Waals surface area contributed by atoms with Gasteiger partial charge in [0.25, 0.3) is 0 Å². The summed E-state index contributed by atoms with van der Waals surface area (Å²) in [6, 6.07) is 0. The highest BCUT2D eigenvalue weighted by molar-refractivity contribution is 7.85. The molecule has 68 valence electrons. The zero-order valence-electron chi connectivity index (χ0n) is 7.58. The lowest BCUT2D eigenvalue weighted by Crippen LogP contribution is -2.02. The first-order valence-electron chi connectivity index (χ1n) is 4.01. The van der Waals surface area contributed by atoms with E-state index in [0.29, 0.717) is 0 Å². The molecule has 0 fully saturated rings. The fraction of sp³-hybridized carbons (Fsp3) is 0.625. The van der Waals surface area contributed by atoms with Gasteiger partial charge in [0.15, 0.2) is 0 Å². The molecule has 1 aromatic rings. The molecule has 1 N–H and O–H groups in total. The van der Waals surface area contributed by atoms with Gasteiger partial charge >= 0.3 is 0 Å². The van der Waals surface area contributed by atoms with Crippen LogP contribution >= 0.6 is 0 Å². The van der Waals surface area contributed by atoms with Crippen LogP contribution in [-0.4, -0.2) is 21.8 Å². The van der Waals surface area contributed by atoms with Crippen LogP contribution in [0.4, 0.5) is 0 Å². The third-order valence-corrected chi connectivity index (χ3v) is 2.50. The SMILES string of the molecule is Cc1cnn(CCCS(C)=N)c1. The minimum Gasteiger partial charge on any atom is -0.281 e. The molecule has 0 radical (unpaired) electrons. The van der Waals surface area contributed by atoms with Crippen molar-refractivity contribution in [1.29, 1.82) is 4.78 Å². The number of nitrogens with one attached hydrogen (secondary N) is 1. The molecular weight excluding hydrogens is 170 g/mol. The van der Waals surface area contributed by atoms with Crippen LogP contribution in [0.15, 0.2) is 12.4 Å². The molecule has 0 saturated carbocycles. The molecular formula is C8H15N3S. The first kappa shape index (κ1) is 9.45. The Morgan fingerprint density at radius 3 is 2.92 bits per heavy atom. The summed E-state index contributed by atoms with van der Waals surface area (Å²) < 4.78 is 9.29. The Labute approximate surface area is 75.7 Å². The van der Waals surface area contributed by atoms with Crippen molar-refractivity contribution in [3.63, 3.8) is 0 Å². The quantitative estimate of drug-likeness (QED) is 0.760. The van der Waals surface area contributed by atoms with Crippen LogP contribution < -0.4 is 0 Å². The second-order valence-electron chi connectivity index (χ2n) is 2.98. The highest BCUT2D eigenvalue weighted by Crippen LogP contribution is 1.96. The lowest BCUT2D eigenvalue weighted by molar-refractivity contribution is 0.605. The summed E-state index contributed by atoms with van der Waals surface area (Å²) in [4.78, 5) is 0. The van der Waals surface area contributed by atoms with E-state index in [4.69, 9.17) is 4.78 Å². The molecule has 0 spiro atoms. The minimum absolute atomic E-state index is 0.174. The molecule has 0 bridgehead atoms. The maximum absolute atomic E-state index is 7.35. The van der Waals surface area contributed by atoms with Gasteiger partial charge in [-0.2, -0.15) is 5.10 Å². The van der Waals surface area contributed by atoms with E-state index in [1.807, 2.05) is 30.3 Å². The number of hydrogen-bond donors (Lipinski definition) is 1. The molecule has 1 rings (SSSR count). The van der Waals surface area contributed by atoms with Gasteiger partial charge in [0.2, 0.25) is 0 Å². The van der Waals surface area contributed by atoms with E-state index in [9.17, 15) is 0 Å². The number of rotatable bonds is 4. The van der Waals surface area contributed by atoms with Gasteiger partial charge in [-0.25, -0.2) is 0 Å². The molecule has 0 saturated heterocycles. The van der Waals surface area contributed by atoms with Crippen LogP contribution in [0, 0.1) is 11.7 Å². The van der Waals surface area contributed by atoms with Crippen molar-refractivity contribution in [2.24, 2.45) is 0 Å². The smallest absolute Gasteiger partial charge is 0.0518 e. The molecule has 3 nitrogen and oxygen atoms in total. The van der Waals surface area contributed by atoms with Crippen LogP contribution in [0.2, 0.25) is 0 Å². The van der Waals surface area contributed by atoms with Crippen molar-refractivity contribution in [2.45, 2.75) is 19.9 Å². The van der Waals surface area contributed by atoms with Gasteiger partial charge < -0.3 is 0 Å². The predicted octanol–water partition coefficient (Wildman–Crippen LogP) is 1.59. The maximum Gasteiger partial charge on any atom is 0.0518 e. The van der Waals surface area contributed by atoms with E-state index in [1.165, 1.54) is 5.56 Å². The average Bonchev–Trinajstić information content (AvgIpc) is 2.35. The average molecular weight is 185 g/mol. The summed E-state index contributed by atoms with van der Waals surface area (Å²) in [6.45, 7) is 2.99. The van der Waals surface area contributed by atoms with Gasteiger partial charge in [0.05, 0.1) is 6.20 Å². The number of nitrogens with zero attached hydrogens (tertiary/aromatic N) is 2. The Kier molecular flexibility index (Phi) is 3.47. The van der Waals surface area contributed by atoms with E-state index in [1.54, 1.807) is 0 Å². The summed E-state index contributed by atoms with van der Waals surface area (Å²) in [5.41, 5.74) is 1.20. The van der Waals surface area contributed by atoms with Crippen LogP contribution in [0.25, 0.3) is 0 Å². The van der Waals surface area contributed by atoms with Crippen LogP contribution in [0.3, 0.4) is 0 Å². The third kappa shape index (κ3) is 3.17. The molecule has 0 aliphatic rings. The van der Waals surface area contributed by atoms with Crippen molar-refractivity contribution < 1.29 is 0 Å². The Morgan fingerprint density at radius 1 is 1.67 bits per heavy atom. The Hall–Kier alpha value is -0.640. The molecule has 12 heavy (non-hydrogen) atoms. The fourth-order valence-electron chi connectivity index (χ4n) is 1.03. The molecule has 1 aromatic heterocycles. The summed E-state index contributed by atoms with van der Waals surface area (Å²) in [5, 5.41) is 4.17. The second-order valence-corrected chi connectivity index (χ2v) is 4.66. The number of aromatic nitrogens is 2. The number of hydrogen-bond acceptors (Lipinski definition) is 2. The maximum atomic E-state index is 7.35. The molecule has 0 aliphatic heterocycles. The Morgan fingerprint density at radius 2 is 2.42 bits per heavy atom. The largest absolute Gasteiger partial charge is 0.281 e. The highest BCUT2D eigenvalue weighted by Gasteiger charge is 1.93. The van der Waals surface area contributed by atoms with E-state index in [-0.39, 0.29) is 10.7 Å². The molecule has 1 unspecified atom stereocenters. The van der Waals surface area contributed by atoms with Crippen molar-refractivity contribution in [2.75, 3.05) is 12.0 Å². The highest BCUT2D eigenvalue weighted by atomic mass is 32.2. The second kappa shape index (κ2) is 4.40. The molecule has 1 heterocycles. The van der Waals surface area contributed by atoms with E-state index in [0.717, 1.165) is 18.7 Å². The molecule has 0 aromatic carbocycles. The predicted molar refractivity (Wildman–Crippen MR) is 52.5 cm³/mol. The zero-order valence-corrected chi connectivity index (χ0v) is 8.40. The lowest BCUT2D eigenvalue weighted by atomic mass is 10.4. The van der Waals surface area contributed by atoms with Crippen molar-refractivity contribution in [3.8, 4) is 0 Å². The first-order valence-corrected chi connectivity index (χ1v) is 5.81. The van der Waals surface area contributed by atoms with E-state index < -0.39 is 0 Å². The summed E-state index contributed by atoms with van der Waals surface area (Å²) >= 11 is 0. The summed E-state index contributed by atoms with van der Waals surface area (Å²) in [7, 11) is -0.174. The van der Waals surface area contributed by atoms with Gasteiger partial charge in [0, 0.05) is 18.5 Å². The van der Waals surface area contributed by atoms with Gasteiger partial charge in [-0.1, -0.05) is 0 Å². The van der Waals surface area contributed by atoms with Gasteiger partial charge in [0.1, 0.15) is 0 Å². The fourth-order valence-corrected chi connectivity index (χ4v) is 1.59. The van der Waals surface area contributed by atoms with Crippen LogP contribution in [0.1, 0.15) is 12.0 Å². The van der Waals surface area contributed by atoms with Crippen molar-refractivity contribution in [3.05, 3.63) is 18.0 Å².